The zero-order valence-electron chi connectivity index (χ0n) is 15.1. The van der Waals surface area contributed by atoms with E-state index in [1.807, 2.05) is 53.9 Å². The number of carbonyl (C=O) groups excluding carboxylic acids is 1. The van der Waals surface area contributed by atoms with Crippen LogP contribution in [-0.2, 0) is 11.3 Å². The number of carbonyl (C=O) groups is 1. The number of benzene rings is 1. The highest BCUT2D eigenvalue weighted by atomic mass is 16.5. The summed E-state index contributed by atoms with van der Waals surface area (Å²) in [4.78, 5) is 11.5. The predicted molar refractivity (Wildman–Crippen MR) is 97.5 cm³/mol. The van der Waals surface area contributed by atoms with Crippen molar-refractivity contribution >= 4 is 11.7 Å². The SMILES string of the molecule is CCNC(=O)OCc1ccccc1Oc1ccc2nnc(C(C)C)n2c1. The van der Waals surface area contributed by atoms with Gasteiger partial charge in [0.1, 0.15) is 23.9 Å². The standard InChI is InChI=1S/C19H22N4O3/c1-4-20-19(24)25-12-14-7-5-6-8-16(14)26-15-9-10-17-21-22-18(13(2)3)23(17)11-15/h5-11,13H,4,12H2,1-3H3,(H,20,24). The van der Waals surface area contributed by atoms with Gasteiger partial charge in [-0.3, -0.25) is 4.40 Å². The van der Waals surface area contributed by atoms with Gasteiger partial charge in [-0.05, 0) is 25.1 Å². The van der Waals surface area contributed by atoms with Crippen LogP contribution in [0.15, 0.2) is 42.6 Å². The molecule has 2 heterocycles. The van der Waals surface area contributed by atoms with Crippen LogP contribution >= 0.6 is 0 Å². The molecule has 3 rings (SSSR count). The summed E-state index contributed by atoms with van der Waals surface area (Å²) in [5.41, 5.74) is 1.56. The van der Waals surface area contributed by atoms with Crippen LogP contribution < -0.4 is 10.1 Å². The Morgan fingerprint density at radius 2 is 2.00 bits per heavy atom. The molecule has 0 aliphatic carbocycles. The molecule has 0 radical (unpaired) electrons. The molecule has 1 amide bonds. The Balaban J connectivity index is 1.81. The van der Waals surface area contributed by atoms with E-state index in [1.165, 1.54) is 0 Å². The molecule has 7 heteroatoms. The second kappa shape index (κ2) is 7.86. The van der Waals surface area contributed by atoms with Gasteiger partial charge in [-0.15, -0.1) is 10.2 Å². The number of aromatic nitrogens is 3. The van der Waals surface area contributed by atoms with E-state index in [0.717, 1.165) is 17.0 Å². The van der Waals surface area contributed by atoms with Crippen LogP contribution in [-0.4, -0.2) is 27.2 Å². The molecule has 26 heavy (non-hydrogen) atoms. The molecule has 1 N–H and O–H groups in total. The van der Waals surface area contributed by atoms with Gasteiger partial charge in [0.25, 0.3) is 0 Å². The van der Waals surface area contributed by atoms with Crippen molar-refractivity contribution in [1.29, 1.82) is 0 Å². The zero-order chi connectivity index (χ0) is 18.5. The first kappa shape index (κ1) is 17.7. The van der Waals surface area contributed by atoms with Crippen LogP contribution in [0.3, 0.4) is 0 Å². The molecule has 136 valence electrons. The van der Waals surface area contributed by atoms with E-state index in [0.29, 0.717) is 18.0 Å². The molecule has 0 saturated carbocycles. The number of rotatable bonds is 6. The molecule has 3 aromatic rings. The average Bonchev–Trinajstić information content (AvgIpc) is 3.05. The summed E-state index contributed by atoms with van der Waals surface area (Å²) in [5.74, 6) is 2.41. The van der Waals surface area contributed by atoms with Crippen molar-refractivity contribution in [3.8, 4) is 11.5 Å². The lowest BCUT2D eigenvalue weighted by atomic mass is 10.2. The van der Waals surface area contributed by atoms with Gasteiger partial charge in [-0.1, -0.05) is 32.0 Å². The number of amides is 1. The third-order valence-electron chi connectivity index (χ3n) is 3.80. The maximum Gasteiger partial charge on any atom is 0.407 e. The first-order valence-corrected chi connectivity index (χ1v) is 8.59. The molecule has 0 aliphatic rings. The first-order valence-electron chi connectivity index (χ1n) is 8.59. The van der Waals surface area contributed by atoms with Gasteiger partial charge in [-0.25, -0.2) is 4.79 Å². The molecule has 0 fully saturated rings. The van der Waals surface area contributed by atoms with Gasteiger partial charge in [0.2, 0.25) is 0 Å². The molecule has 0 spiro atoms. The Morgan fingerprint density at radius 1 is 1.19 bits per heavy atom. The van der Waals surface area contributed by atoms with Gasteiger partial charge in [0.15, 0.2) is 5.65 Å². The molecule has 0 unspecified atom stereocenters. The van der Waals surface area contributed by atoms with Crippen molar-refractivity contribution in [2.24, 2.45) is 0 Å². The number of pyridine rings is 1. The molecule has 2 aromatic heterocycles. The minimum absolute atomic E-state index is 0.133. The van der Waals surface area contributed by atoms with Gasteiger partial charge >= 0.3 is 6.09 Å². The summed E-state index contributed by atoms with van der Waals surface area (Å²) < 4.78 is 13.2. The van der Waals surface area contributed by atoms with Crippen LogP contribution in [0.4, 0.5) is 4.79 Å². The third-order valence-corrected chi connectivity index (χ3v) is 3.80. The number of alkyl carbamates (subject to hydrolysis) is 1. The number of nitrogens with one attached hydrogen (secondary N) is 1. The minimum atomic E-state index is -0.449. The summed E-state index contributed by atoms with van der Waals surface area (Å²) in [7, 11) is 0. The van der Waals surface area contributed by atoms with E-state index >= 15 is 0 Å². The van der Waals surface area contributed by atoms with Crippen LogP contribution in [0.2, 0.25) is 0 Å². The van der Waals surface area contributed by atoms with E-state index in [-0.39, 0.29) is 12.5 Å². The summed E-state index contributed by atoms with van der Waals surface area (Å²) in [6, 6.07) is 11.2. The van der Waals surface area contributed by atoms with E-state index in [9.17, 15) is 4.79 Å². The van der Waals surface area contributed by atoms with Gasteiger partial charge < -0.3 is 14.8 Å². The Kier molecular flexibility index (Phi) is 5.36. The van der Waals surface area contributed by atoms with Crippen LogP contribution in [0.5, 0.6) is 11.5 Å². The van der Waals surface area contributed by atoms with E-state index in [1.54, 1.807) is 0 Å². The lowest BCUT2D eigenvalue weighted by Gasteiger charge is -2.12. The molecular formula is C19H22N4O3. The van der Waals surface area contributed by atoms with Crippen molar-refractivity contribution in [1.82, 2.24) is 19.9 Å². The highest BCUT2D eigenvalue weighted by Gasteiger charge is 2.12. The number of para-hydroxylation sites is 1. The molecule has 0 atom stereocenters. The van der Waals surface area contributed by atoms with Crippen molar-refractivity contribution in [3.05, 3.63) is 54.0 Å². The minimum Gasteiger partial charge on any atom is -0.455 e. The monoisotopic (exact) mass is 354 g/mol. The highest BCUT2D eigenvalue weighted by Crippen LogP contribution is 2.27. The molecular weight excluding hydrogens is 332 g/mol. The number of fused-ring (bicyclic) bond motifs is 1. The fraction of sp³-hybridized carbons (Fsp3) is 0.316. The first-order chi connectivity index (χ1) is 12.6. The summed E-state index contributed by atoms with van der Waals surface area (Å²) >= 11 is 0. The lowest BCUT2D eigenvalue weighted by Crippen LogP contribution is -2.23. The normalized spacial score (nSPS) is 10.9. The summed E-state index contributed by atoms with van der Waals surface area (Å²) in [6.45, 7) is 6.63. The van der Waals surface area contributed by atoms with Crippen molar-refractivity contribution in [2.75, 3.05) is 6.54 Å². The second-order valence-electron chi connectivity index (χ2n) is 6.12. The number of ether oxygens (including phenoxy) is 2. The third kappa shape index (κ3) is 3.93. The average molecular weight is 354 g/mol. The predicted octanol–water partition coefficient (Wildman–Crippen LogP) is 3.89. The fourth-order valence-corrected chi connectivity index (χ4v) is 2.53. The molecule has 0 saturated heterocycles. The summed E-state index contributed by atoms with van der Waals surface area (Å²) in [5, 5.41) is 11.0. The van der Waals surface area contributed by atoms with E-state index < -0.39 is 6.09 Å². The van der Waals surface area contributed by atoms with Crippen molar-refractivity contribution in [3.63, 3.8) is 0 Å². The Labute approximate surface area is 152 Å². The largest absolute Gasteiger partial charge is 0.455 e. The van der Waals surface area contributed by atoms with Crippen molar-refractivity contribution in [2.45, 2.75) is 33.3 Å². The fourth-order valence-electron chi connectivity index (χ4n) is 2.53. The molecule has 1 aromatic carbocycles. The Morgan fingerprint density at radius 3 is 2.77 bits per heavy atom. The number of hydrogen-bond donors (Lipinski definition) is 1. The maximum absolute atomic E-state index is 11.5. The van der Waals surface area contributed by atoms with Gasteiger partial charge in [0.05, 0.1) is 6.20 Å². The second-order valence-corrected chi connectivity index (χ2v) is 6.12. The highest BCUT2D eigenvalue weighted by molar-refractivity contribution is 5.67. The van der Waals surface area contributed by atoms with Crippen LogP contribution in [0.1, 0.15) is 38.1 Å². The maximum atomic E-state index is 11.5. The lowest BCUT2D eigenvalue weighted by molar-refractivity contribution is 0.139. The topological polar surface area (TPSA) is 77.8 Å². The molecule has 7 nitrogen and oxygen atoms in total. The molecule has 0 aliphatic heterocycles. The van der Waals surface area contributed by atoms with Gasteiger partial charge in [-0.2, -0.15) is 0 Å². The van der Waals surface area contributed by atoms with E-state index in [2.05, 4.69) is 29.4 Å². The Hall–Kier alpha value is -3.09. The summed E-state index contributed by atoms with van der Waals surface area (Å²) in [6.07, 6.45) is 1.42. The van der Waals surface area contributed by atoms with Gasteiger partial charge in [0, 0.05) is 18.0 Å². The van der Waals surface area contributed by atoms with E-state index in [4.69, 9.17) is 9.47 Å². The quantitative estimate of drug-likeness (QED) is 0.726. The Bertz CT molecular complexity index is 905. The smallest absolute Gasteiger partial charge is 0.407 e. The zero-order valence-corrected chi connectivity index (χ0v) is 15.1. The number of nitrogens with zero attached hydrogens (tertiary/aromatic N) is 3. The number of hydrogen-bond acceptors (Lipinski definition) is 5. The molecule has 0 bridgehead atoms. The van der Waals surface area contributed by atoms with Crippen LogP contribution in [0.25, 0.3) is 5.65 Å². The van der Waals surface area contributed by atoms with Crippen molar-refractivity contribution < 1.29 is 14.3 Å². The van der Waals surface area contributed by atoms with Crippen LogP contribution in [0, 0.1) is 0 Å².